The standard InChI is InChI=1S/C36H34BrN3O6S2/c1-24-27-21-26(11-12-31(27)46-32(24)35(42)43)48(44,45)40(17-13-25-7-3-2-4-8-25)30-10-6-5-9-29(30)38-18-15-36(16-19-38)22-39(23-36)34(41)33-28(37)14-20-47-33/h2-12,14,20-21H,13,15-19,22-23H2,1H3,(H,42,43). The number of carbonyl (C=O) groups excluding carboxylic acids is 1. The first-order chi connectivity index (χ1) is 23.1. The highest BCUT2D eigenvalue weighted by molar-refractivity contribution is 9.10. The Bertz CT molecular complexity index is 2110. The van der Waals surface area contributed by atoms with E-state index in [1.807, 2.05) is 70.9 Å². The number of hydrogen-bond acceptors (Lipinski definition) is 7. The molecule has 0 unspecified atom stereocenters. The van der Waals surface area contributed by atoms with E-state index in [-0.39, 0.29) is 28.5 Å². The Morgan fingerprint density at radius 3 is 2.40 bits per heavy atom. The van der Waals surface area contributed by atoms with Crippen molar-refractivity contribution >= 4 is 71.5 Å². The molecule has 1 amide bonds. The molecule has 2 fully saturated rings. The van der Waals surface area contributed by atoms with Gasteiger partial charge >= 0.3 is 5.97 Å². The maximum absolute atomic E-state index is 14.6. The number of piperidine rings is 1. The number of sulfonamides is 1. The van der Waals surface area contributed by atoms with Crippen LogP contribution in [0.4, 0.5) is 11.4 Å². The minimum Gasteiger partial charge on any atom is -0.475 e. The predicted octanol–water partition coefficient (Wildman–Crippen LogP) is 7.44. The Morgan fingerprint density at radius 1 is 1.00 bits per heavy atom. The third-order valence-corrected chi connectivity index (χ3v) is 13.2. The number of thiophene rings is 1. The fourth-order valence-corrected chi connectivity index (χ4v) is 9.93. The van der Waals surface area contributed by atoms with Gasteiger partial charge in [-0.25, -0.2) is 13.2 Å². The number of nitrogens with zero attached hydrogens (tertiary/aromatic N) is 3. The zero-order valence-corrected chi connectivity index (χ0v) is 29.5. The highest BCUT2D eigenvalue weighted by Gasteiger charge is 2.47. The number of furan rings is 1. The van der Waals surface area contributed by atoms with E-state index in [4.69, 9.17) is 4.42 Å². The van der Waals surface area contributed by atoms with Gasteiger partial charge in [0.15, 0.2) is 0 Å². The van der Waals surface area contributed by atoms with Gasteiger partial charge in [0.05, 0.1) is 16.3 Å². The molecule has 2 aromatic heterocycles. The first-order valence-corrected chi connectivity index (χ1v) is 18.9. The van der Waals surface area contributed by atoms with E-state index < -0.39 is 16.0 Å². The molecule has 12 heteroatoms. The van der Waals surface area contributed by atoms with Gasteiger partial charge in [-0.05, 0) is 89.5 Å². The number of carboxylic acid groups (broad SMARTS) is 1. The van der Waals surface area contributed by atoms with Crippen molar-refractivity contribution in [1.82, 2.24) is 4.90 Å². The Morgan fingerprint density at radius 2 is 1.71 bits per heavy atom. The van der Waals surface area contributed by atoms with Crippen LogP contribution in [0.5, 0.6) is 0 Å². The molecule has 4 heterocycles. The lowest BCUT2D eigenvalue weighted by Gasteiger charge is -2.54. The number of para-hydroxylation sites is 2. The van der Waals surface area contributed by atoms with Gasteiger partial charge in [-0.2, -0.15) is 0 Å². The van der Waals surface area contributed by atoms with Crippen molar-refractivity contribution in [3.63, 3.8) is 0 Å². The van der Waals surface area contributed by atoms with E-state index in [0.29, 0.717) is 28.6 Å². The summed E-state index contributed by atoms with van der Waals surface area (Å²) in [6, 6.07) is 23.8. The maximum Gasteiger partial charge on any atom is 0.372 e. The quantitative estimate of drug-likeness (QED) is 0.167. The van der Waals surface area contributed by atoms with E-state index in [9.17, 15) is 23.1 Å². The van der Waals surface area contributed by atoms with Crippen molar-refractivity contribution in [2.75, 3.05) is 41.9 Å². The molecule has 0 atom stereocenters. The molecule has 48 heavy (non-hydrogen) atoms. The van der Waals surface area contributed by atoms with Crippen LogP contribution in [0.15, 0.2) is 98.0 Å². The van der Waals surface area contributed by atoms with Gasteiger partial charge in [-0.3, -0.25) is 9.10 Å². The van der Waals surface area contributed by atoms with Crippen LogP contribution in [0.25, 0.3) is 11.0 Å². The van der Waals surface area contributed by atoms with E-state index in [2.05, 4.69) is 20.8 Å². The maximum atomic E-state index is 14.6. The lowest BCUT2D eigenvalue weighted by molar-refractivity contribution is -0.00755. The number of carboxylic acids is 1. The molecular weight excluding hydrogens is 714 g/mol. The molecule has 0 aliphatic carbocycles. The van der Waals surface area contributed by atoms with Gasteiger partial charge in [0.1, 0.15) is 10.5 Å². The number of carbonyl (C=O) groups is 2. The fraction of sp³-hybridized carbons (Fsp3) is 0.278. The SMILES string of the molecule is Cc1c(C(=O)O)oc2ccc(S(=O)(=O)N(CCc3ccccc3)c3ccccc3N3CCC4(CC3)CN(C(=O)c3sccc3Br)C4)cc12. The van der Waals surface area contributed by atoms with Crippen LogP contribution >= 0.6 is 27.3 Å². The summed E-state index contributed by atoms with van der Waals surface area (Å²) in [4.78, 5) is 29.7. The third kappa shape index (κ3) is 5.90. The summed E-state index contributed by atoms with van der Waals surface area (Å²) in [5, 5.41) is 11.9. The second-order valence-electron chi connectivity index (χ2n) is 12.6. The molecule has 9 nitrogen and oxygen atoms in total. The van der Waals surface area contributed by atoms with E-state index in [1.54, 1.807) is 6.92 Å². The fourth-order valence-electron chi connectivity index (χ4n) is 6.91. The Kier molecular flexibility index (Phi) is 8.59. The Labute approximate surface area is 291 Å². The second-order valence-corrected chi connectivity index (χ2v) is 16.2. The Hall–Kier alpha value is -4.13. The molecule has 1 spiro atoms. The van der Waals surface area contributed by atoms with Gasteiger partial charge < -0.3 is 19.3 Å². The summed E-state index contributed by atoms with van der Waals surface area (Å²) in [5.41, 5.74) is 3.21. The van der Waals surface area contributed by atoms with Crippen LogP contribution < -0.4 is 9.21 Å². The number of fused-ring (bicyclic) bond motifs is 1. The molecule has 0 saturated carbocycles. The lowest BCUT2D eigenvalue weighted by Crippen LogP contribution is -2.61. The molecule has 3 aromatic carbocycles. The highest BCUT2D eigenvalue weighted by Crippen LogP contribution is 2.44. The average molecular weight is 749 g/mol. The van der Waals surface area contributed by atoms with E-state index in [1.165, 1.54) is 33.8 Å². The number of aryl methyl sites for hydroxylation is 1. The molecule has 1 N–H and O–H groups in total. The molecule has 7 rings (SSSR count). The zero-order valence-electron chi connectivity index (χ0n) is 26.3. The molecule has 248 valence electrons. The van der Waals surface area contributed by atoms with Crippen molar-refractivity contribution in [1.29, 1.82) is 0 Å². The molecular formula is C36H34BrN3O6S2. The summed E-state index contributed by atoms with van der Waals surface area (Å²) < 4.78 is 37.0. The molecule has 2 aliphatic heterocycles. The van der Waals surface area contributed by atoms with Crippen LogP contribution in [0.3, 0.4) is 0 Å². The summed E-state index contributed by atoms with van der Waals surface area (Å²) in [5.74, 6) is -1.34. The second kappa shape index (κ2) is 12.7. The lowest BCUT2D eigenvalue weighted by atomic mass is 9.72. The normalized spacial score (nSPS) is 15.9. The van der Waals surface area contributed by atoms with Crippen molar-refractivity contribution < 1.29 is 27.5 Å². The largest absolute Gasteiger partial charge is 0.475 e. The molecule has 2 aliphatic rings. The van der Waals surface area contributed by atoms with E-state index >= 15 is 0 Å². The predicted molar refractivity (Wildman–Crippen MR) is 191 cm³/mol. The van der Waals surface area contributed by atoms with Crippen LogP contribution in [0.2, 0.25) is 0 Å². The van der Waals surface area contributed by atoms with Crippen LogP contribution in [-0.2, 0) is 16.4 Å². The minimum atomic E-state index is -4.09. The summed E-state index contributed by atoms with van der Waals surface area (Å²) in [6.07, 6.45) is 2.30. The summed E-state index contributed by atoms with van der Waals surface area (Å²) >= 11 is 4.93. The van der Waals surface area contributed by atoms with Gasteiger partial charge in [0.25, 0.3) is 15.9 Å². The number of anilines is 2. The van der Waals surface area contributed by atoms with Crippen LogP contribution in [0.1, 0.15) is 44.2 Å². The molecule has 0 bridgehead atoms. The van der Waals surface area contributed by atoms with Gasteiger partial charge in [-0.15, -0.1) is 11.3 Å². The van der Waals surface area contributed by atoms with E-state index in [0.717, 1.165) is 59.6 Å². The summed E-state index contributed by atoms with van der Waals surface area (Å²) in [6.45, 7) is 4.76. The first-order valence-electron chi connectivity index (χ1n) is 15.8. The minimum absolute atomic E-state index is 0.0629. The Balaban J connectivity index is 1.17. The van der Waals surface area contributed by atoms with Gasteiger partial charge in [0.2, 0.25) is 5.76 Å². The number of halogens is 1. The number of rotatable bonds is 9. The number of aromatic carboxylic acids is 1. The van der Waals surface area contributed by atoms with Crippen LogP contribution in [-0.4, -0.2) is 63.0 Å². The zero-order chi connectivity index (χ0) is 33.6. The molecule has 0 radical (unpaired) electrons. The van der Waals surface area contributed by atoms with Crippen molar-refractivity contribution in [2.24, 2.45) is 5.41 Å². The van der Waals surface area contributed by atoms with Crippen molar-refractivity contribution in [2.45, 2.75) is 31.1 Å². The average Bonchev–Trinajstić information content (AvgIpc) is 3.66. The van der Waals surface area contributed by atoms with Crippen molar-refractivity contribution in [3.8, 4) is 0 Å². The number of hydrogen-bond donors (Lipinski definition) is 1. The monoisotopic (exact) mass is 747 g/mol. The van der Waals surface area contributed by atoms with Gasteiger partial charge in [-0.1, -0.05) is 42.5 Å². The molecule has 5 aromatic rings. The highest BCUT2D eigenvalue weighted by atomic mass is 79.9. The topological polar surface area (TPSA) is 111 Å². The third-order valence-electron chi connectivity index (χ3n) is 9.60. The summed E-state index contributed by atoms with van der Waals surface area (Å²) in [7, 11) is -4.09. The number of likely N-dealkylation sites (tertiary alicyclic amines) is 1. The van der Waals surface area contributed by atoms with Gasteiger partial charge in [0, 0.05) is 53.6 Å². The molecule has 2 saturated heterocycles. The van der Waals surface area contributed by atoms with Crippen LogP contribution in [0, 0.1) is 12.3 Å². The number of benzene rings is 3. The van der Waals surface area contributed by atoms with Crippen molar-refractivity contribution in [3.05, 3.63) is 110 Å². The first kappa shape index (κ1) is 32.4. The smallest absolute Gasteiger partial charge is 0.372 e. The number of amides is 1.